The summed E-state index contributed by atoms with van der Waals surface area (Å²) in [5, 5.41) is 0. The third kappa shape index (κ3) is 2.62. The summed E-state index contributed by atoms with van der Waals surface area (Å²) in [5.41, 5.74) is 6.15. The van der Waals surface area contributed by atoms with Crippen LogP contribution in [0.4, 0.5) is 5.82 Å². The highest BCUT2D eigenvalue weighted by Gasteiger charge is 2.26. The monoisotopic (exact) mass is 313 g/mol. The average Bonchev–Trinajstić information content (AvgIpc) is 3.15. The van der Waals surface area contributed by atoms with Crippen LogP contribution in [0.15, 0.2) is 0 Å². The molecule has 1 amide bonds. The first-order chi connectivity index (χ1) is 9.66. The van der Waals surface area contributed by atoms with Gasteiger partial charge in [-0.3, -0.25) is 4.79 Å². The highest BCUT2D eigenvalue weighted by Crippen LogP contribution is 2.27. The quantitative estimate of drug-likeness (QED) is 0.870. The molecular formula is C13H19N3O2S2. The van der Waals surface area contributed by atoms with E-state index < -0.39 is 0 Å². The van der Waals surface area contributed by atoms with Crippen molar-refractivity contribution in [3.8, 4) is 0 Å². The lowest BCUT2D eigenvalue weighted by Gasteiger charge is -2.15. The lowest BCUT2D eigenvalue weighted by Crippen LogP contribution is -2.28. The maximum atomic E-state index is 12.4. The third-order valence-corrected chi connectivity index (χ3v) is 5.38. The molecule has 0 unspecified atom stereocenters. The standard InChI is InChI=1S/C13H19N3O2S2/c14-11-10(12(17)15-5-1-2-6-15)20-13(19)16(11)8-9-4-3-7-18-9/h9H,1-8,14H2/t9-/m1/s1. The fraction of sp³-hybridized carbons (Fsp3) is 0.692. The Morgan fingerprint density at radius 2 is 2.15 bits per heavy atom. The van der Waals surface area contributed by atoms with Gasteiger partial charge in [0.05, 0.1) is 12.6 Å². The van der Waals surface area contributed by atoms with Crippen LogP contribution in [0.1, 0.15) is 35.4 Å². The number of anilines is 1. The van der Waals surface area contributed by atoms with Crippen molar-refractivity contribution in [3.05, 3.63) is 8.83 Å². The summed E-state index contributed by atoms with van der Waals surface area (Å²) in [6.07, 6.45) is 4.45. The van der Waals surface area contributed by atoms with Gasteiger partial charge in [-0.15, -0.1) is 0 Å². The van der Waals surface area contributed by atoms with E-state index in [9.17, 15) is 4.79 Å². The van der Waals surface area contributed by atoms with Gasteiger partial charge in [0, 0.05) is 19.7 Å². The van der Waals surface area contributed by atoms with Gasteiger partial charge in [0.1, 0.15) is 10.7 Å². The number of nitrogens with two attached hydrogens (primary N) is 1. The fourth-order valence-electron chi connectivity index (χ4n) is 2.80. The maximum absolute atomic E-state index is 12.4. The van der Waals surface area contributed by atoms with Crippen LogP contribution in [0, 0.1) is 3.95 Å². The van der Waals surface area contributed by atoms with Gasteiger partial charge in [0.2, 0.25) is 0 Å². The van der Waals surface area contributed by atoms with Gasteiger partial charge in [-0.25, -0.2) is 0 Å². The molecule has 2 aliphatic rings. The van der Waals surface area contributed by atoms with Crippen molar-refractivity contribution in [2.75, 3.05) is 25.4 Å². The van der Waals surface area contributed by atoms with E-state index in [4.69, 9.17) is 22.7 Å². The molecule has 1 atom stereocenters. The lowest BCUT2D eigenvalue weighted by atomic mass is 10.2. The van der Waals surface area contributed by atoms with Crippen molar-refractivity contribution in [2.24, 2.45) is 0 Å². The predicted molar refractivity (Wildman–Crippen MR) is 81.7 cm³/mol. The number of hydrogen-bond acceptors (Lipinski definition) is 5. The molecule has 110 valence electrons. The highest BCUT2D eigenvalue weighted by molar-refractivity contribution is 7.73. The zero-order valence-corrected chi connectivity index (χ0v) is 13.0. The molecule has 0 bridgehead atoms. The molecular weight excluding hydrogens is 294 g/mol. The van der Waals surface area contributed by atoms with Gasteiger partial charge in [-0.1, -0.05) is 11.3 Å². The van der Waals surface area contributed by atoms with Crippen LogP contribution in [0.5, 0.6) is 0 Å². The Balaban J connectivity index is 1.82. The Kier molecular flexibility index (Phi) is 4.09. The van der Waals surface area contributed by atoms with Crippen LogP contribution in [-0.2, 0) is 11.3 Å². The van der Waals surface area contributed by atoms with Gasteiger partial charge < -0.3 is 19.9 Å². The van der Waals surface area contributed by atoms with Gasteiger partial charge in [0.15, 0.2) is 3.95 Å². The van der Waals surface area contributed by atoms with Crippen molar-refractivity contribution in [1.29, 1.82) is 0 Å². The molecule has 1 aromatic rings. The van der Waals surface area contributed by atoms with Crippen LogP contribution < -0.4 is 5.73 Å². The zero-order chi connectivity index (χ0) is 14.1. The Morgan fingerprint density at radius 3 is 2.80 bits per heavy atom. The van der Waals surface area contributed by atoms with E-state index in [1.54, 1.807) is 0 Å². The van der Waals surface area contributed by atoms with E-state index >= 15 is 0 Å². The van der Waals surface area contributed by atoms with Crippen molar-refractivity contribution in [2.45, 2.75) is 38.3 Å². The number of carbonyl (C=O) groups excluding carboxylic acids is 1. The number of thiazole rings is 1. The smallest absolute Gasteiger partial charge is 0.267 e. The van der Waals surface area contributed by atoms with Crippen molar-refractivity contribution < 1.29 is 9.53 Å². The van der Waals surface area contributed by atoms with E-state index in [0.717, 1.165) is 45.4 Å². The van der Waals surface area contributed by atoms with E-state index in [-0.39, 0.29) is 12.0 Å². The number of carbonyl (C=O) groups is 1. The molecule has 2 aliphatic heterocycles. The number of amides is 1. The van der Waals surface area contributed by atoms with Gasteiger partial charge in [0.25, 0.3) is 5.91 Å². The number of ether oxygens (including phenoxy) is 1. The molecule has 5 nitrogen and oxygen atoms in total. The Morgan fingerprint density at radius 1 is 1.40 bits per heavy atom. The summed E-state index contributed by atoms with van der Waals surface area (Å²) in [5.74, 6) is 0.537. The van der Waals surface area contributed by atoms with Crippen LogP contribution in [0.25, 0.3) is 0 Å². The Bertz CT molecular complexity index is 554. The topological polar surface area (TPSA) is 60.5 Å². The van der Waals surface area contributed by atoms with Crippen LogP contribution in [0.3, 0.4) is 0 Å². The number of rotatable bonds is 3. The minimum Gasteiger partial charge on any atom is -0.384 e. The minimum absolute atomic E-state index is 0.0298. The maximum Gasteiger partial charge on any atom is 0.267 e. The summed E-state index contributed by atoms with van der Waals surface area (Å²) in [7, 11) is 0. The second kappa shape index (κ2) is 5.83. The molecule has 3 rings (SSSR count). The van der Waals surface area contributed by atoms with Gasteiger partial charge >= 0.3 is 0 Å². The van der Waals surface area contributed by atoms with Crippen LogP contribution >= 0.6 is 23.6 Å². The first-order valence-electron chi connectivity index (χ1n) is 7.07. The molecule has 0 aliphatic carbocycles. The second-order valence-electron chi connectivity index (χ2n) is 5.33. The first kappa shape index (κ1) is 14.0. The number of nitrogens with zero attached hydrogens (tertiary/aromatic N) is 2. The number of hydrogen-bond donors (Lipinski definition) is 1. The summed E-state index contributed by atoms with van der Waals surface area (Å²) in [6.45, 7) is 3.12. The molecule has 20 heavy (non-hydrogen) atoms. The Labute approximate surface area is 127 Å². The molecule has 0 radical (unpaired) electrons. The number of likely N-dealkylation sites (tertiary alicyclic amines) is 1. The number of aromatic nitrogens is 1. The van der Waals surface area contributed by atoms with Crippen molar-refractivity contribution in [1.82, 2.24) is 9.47 Å². The zero-order valence-electron chi connectivity index (χ0n) is 11.3. The molecule has 2 fully saturated rings. The molecule has 7 heteroatoms. The second-order valence-corrected chi connectivity index (χ2v) is 6.97. The Hall–Kier alpha value is -0.920. The van der Waals surface area contributed by atoms with Crippen LogP contribution in [0.2, 0.25) is 0 Å². The summed E-state index contributed by atoms with van der Waals surface area (Å²) >= 11 is 6.69. The third-order valence-electron chi connectivity index (χ3n) is 3.93. The van der Waals surface area contributed by atoms with E-state index in [2.05, 4.69) is 0 Å². The highest BCUT2D eigenvalue weighted by atomic mass is 32.1. The first-order valence-corrected chi connectivity index (χ1v) is 8.29. The lowest BCUT2D eigenvalue weighted by molar-refractivity contribution is 0.0796. The van der Waals surface area contributed by atoms with Gasteiger partial charge in [-0.05, 0) is 37.9 Å². The molecule has 0 saturated carbocycles. The van der Waals surface area contributed by atoms with Crippen molar-refractivity contribution >= 4 is 35.3 Å². The summed E-state index contributed by atoms with van der Waals surface area (Å²) in [6, 6.07) is 0. The molecule has 1 aromatic heterocycles. The molecule has 0 aromatic carbocycles. The normalized spacial score (nSPS) is 22.6. The summed E-state index contributed by atoms with van der Waals surface area (Å²) < 4.78 is 8.15. The average molecular weight is 313 g/mol. The predicted octanol–water partition coefficient (Wildman–Crippen LogP) is 2.28. The largest absolute Gasteiger partial charge is 0.384 e. The SMILES string of the molecule is Nc1c(C(=O)N2CCCC2)sc(=S)n1C[C@H]1CCCO1. The summed E-state index contributed by atoms with van der Waals surface area (Å²) in [4.78, 5) is 14.9. The minimum atomic E-state index is 0.0298. The molecule has 2 N–H and O–H groups in total. The molecule has 2 saturated heterocycles. The van der Waals surface area contributed by atoms with Crippen LogP contribution in [-0.4, -0.2) is 41.2 Å². The molecule has 3 heterocycles. The fourth-order valence-corrected chi connectivity index (χ4v) is 4.11. The van der Waals surface area contributed by atoms with Gasteiger partial charge in [-0.2, -0.15) is 0 Å². The van der Waals surface area contributed by atoms with Crippen molar-refractivity contribution in [3.63, 3.8) is 0 Å². The van der Waals surface area contributed by atoms with E-state index in [1.807, 2.05) is 9.47 Å². The molecule has 0 spiro atoms. The van der Waals surface area contributed by atoms with E-state index in [0.29, 0.717) is 21.2 Å². The number of nitrogen functional groups attached to an aromatic ring is 1. The van der Waals surface area contributed by atoms with E-state index in [1.165, 1.54) is 11.3 Å².